The topological polar surface area (TPSA) is 80.4 Å². The second-order valence-electron chi connectivity index (χ2n) is 8.61. The van der Waals surface area contributed by atoms with E-state index >= 15 is 0 Å². The molecule has 2 aliphatic heterocycles. The van der Waals surface area contributed by atoms with Crippen molar-refractivity contribution < 1.29 is 9.59 Å². The van der Waals surface area contributed by atoms with Gasteiger partial charge in [-0.1, -0.05) is 0 Å². The number of carbonyl (C=O) groups is 2. The normalized spacial score (nSPS) is 22.6. The molecule has 5 rings (SSSR count). The molecule has 1 saturated carbocycles. The van der Waals surface area contributed by atoms with E-state index in [-0.39, 0.29) is 30.1 Å². The lowest BCUT2D eigenvalue weighted by Crippen LogP contribution is -2.47. The van der Waals surface area contributed by atoms with Crippen LogP contribution in [0.2, 0.25) is 0 Å². The van der Waals surface area contributed by atoms with Crippen LogP contribution in [-0.2, 0) is 16.1 Å². The molecule has 8 nitrogen and oxygen atoms in total. The van der Waals surface area contributed by atoms with Crippen LogP contribution in [0.25, 0.3) is 11.2 Å². The maximum absolute atomic E-state index is 13.3. The number of hydrogen-bond acceptors (Lipinski definition) is 4. The van der Waals surface area contributed by atoms with Crippen molar-refractivity contribution in [1.82, 2.24) is 23.9 Å². The van der Waals surface area contributed by atoms with Crippen molar-refractivity contribution in [3.05, 3.63) is 28.8 Å². The highest BCUT2D eigenvalue weighted by Gasteiger charge is 2.32. The van der Waals surface area contributed by atoms with Crippen molar-refractivity contribution in [2.45, 2.75) is 51.1 Å². The van der Waals surface area contributed by atoms with Crippen LogP contribution in [0.15, 0.2) is 23.1 Å². The van der Waals surface area contributed by atoms with Crippen LogP contribution in [0.3, 0.4) is 0 Å². The average molecular weight is 397 g/mol. The van der Waals surface area contributed by atoms with Crippen molar-refractivity contribution >= 4 is 23.0 Å². The number of likely N-dealkylation sites (tertiary alicyclic amines) is 2. The van der Waals surface area contributed by atoms with Crippen molar-refractivity contribution in [1.29, 1.82) is 0 Å². The van der Waals surface area contributed by atoms with Crippen molar-refractivity contribution in [2.24, 2.45) is 5.92 Å². The van der Waals surface area contributed by atoms with Crippen LogP contribution in [0.5, 0.6) is 0 Å². The fraction of sp³-hybridized carbons (Fsp3) is 0.619. The van der Waals surface area contributed by atoms with Gasteiger partial charge in [0.05, 0.1) is 18.1 Å². The van der Waals surface area contributed by atoms with E-state index < -0.39 is 0 Å². The molecular weight excluding hydrogens is 370 g/mol. The molecule has 0 aromatic carbocycles. The molecule has 1 aliphatic carbocycles. The first kappa shape index (κ1) is 18.4. The highest BCUT2D eigenvalue weighted by Crippen LogP contribution is 2.32. The second-order valence-corrected chi connectivity index (χ2v) is 8.61. The number of carbonyl (C=O) groups excluding carboxylic acids is 2. The standard InChI is InChI=1S/C21H27N5O3/c27-18-6-3-11-24(18)14-19(28)23-10-2-4-16(13-23)26-20-17(5-1-9-22-20)25(21(26)29)12-15-7-8-15/h1,5,9,15-16H,2-4,6-8,10-14H2/t16-/m0/s1. The third kappa shape index (κ3) is 3.45. The Balaban J connectivity index is 1.40. The molecule has 154 valence electrons. The number of pyridine rings is 1. The van der Waals surface area contributed by atoms with Crippen molar-refractivity contribution in [2.75, 3.05) is 26.2 Å². The SMILES string of the molecule is O=C1CCCN1CC(=O)N1CCC[C@H](n2c(=O)n(CC3CC3)c3cccnc32)C1. The number of amides is 2. The van der Waals surface area contributed by atoms with E-state index in [9.17, 15) is 14.4 Å². The minimum Gasteiger partial charge on any atom is -0.339 e. The van der Waals surface area contributed by atoms with Gasteiger partial charge >= 0.3 is 5.69 Å². The maximum Gasteiger partial charge on any atom is 0.330 e. The van der Waals surface area contributed by atoms with Crippen LogP contribution in [0.4, 0.5) is 0 Å². The van der Waals surface area contributed by atoms with E-state index in [1.54, 1.807) is 15.7 Å². The first-order valence-corrected chi connectivity index (χ1v) is 10.7. The van der Waals surface area contributed by atoms with Gasteiger partial charge < -0.3 is 9.80 Å². The summed E-state index contributed by atoms with van der Waals surface area (Å²) < 4.78 is 3.67. The second kappa shape index (κ2) is 7.31. The Morgan fingerprint density at radius 3 is 2.76 bits per heavy atom. The molecule has 8 heteroatoms. The summed E-state index contributed by atoms with van der Waals surface area (Å²) in [6.45, 7) is 2.75. The van der Waals surface area contributed by atoms with Gasteiger partial charge in [-0.25, -0.2) is 9.78 Å². The van der Waals surface area contributed by atoms with E-state index in [1.807, 2.05) is 21.6 Å². The van der Waals surface area contributed by atoms with Gasteiger partial charge in [-0.3, -0.25) is 18.7 Å². The predicted molar refractivity (Wildman–Crippen MR) is 107 cm³/mol. The molecule has 0 bridgehead atoms. The molecule has 3 aliphatic rings. The number of imidazole rings is 1. The molecule has 29 heavy (non-hydrogen) atoms. The Hall–Kier alpha value is -2.64. The van der Waals surface area contributed by atoms with Gasteiger partial charge in [-0.2, -0.15) is 0 Å². The molecule has 4 heterocycles. The summed E-state index contributed by atoms with van der Waals surface area (Å²) in [5, 5.41) is 0. The summed E-state index contributed by atoms with van der Waals surface area (Å²) in [6, 6.07) is 3.76. The Morgan fingerprint density at radius 2 is 2.00 bits per heavy atom. The van der Waals surface area contributed by atoms with Gasteiger partial charge in [0.25, 0.3) is 0 Å². The number of aromatic nitrogens is 3. The zero-order valence-electron chi connectivity index (χ0n) is 16.6. The molecule has 2 aromatic heterocycles. The Morgan fingerprint density at radius 1 is 1.14 bits per heavy atom. The molecule has 1 atom stereocenters. The number of hydrogen-bond donors (Lipinski definition) is 0. The van der Waals surface area contributed by atoms with E-state index in [4.69, 9.17) is 0 Å². The minimum absolute atomic E-state index is 0.0142. The van der Waals surface area contributed by atoms with Gasteiger partial charge in [0.2, 0.25) is 11.8 Å². The van der Waals surface area contributed by atoms with Crippen molar-refractivity contribution in [3.8, 4) is 0 Å². The minimum atomic E-state index is -0.0765. The largest absolute Gasteiger partial charge is 0.339 e. The van der Waals surface area contributed by atoms with E-state index in [1.165, 1.54) is 12.8 Å². The Bertz CT molecular complexity index is 1010. The van der Waals surface area contributed by atoms with Crippen molar-refractivity contribution in [3.63, 3.8) is 0 Å². The zero-order chi connectivity index (χ0) is 20.0. The van der Waals surface area contributed by atoms with Gasteiger partial charge in [0.15, 0.2) is 5.65 Å². The first-order chi connectivity index (χ1) is 14.1. The summed E-state index contributed by atoms with van der Waals surface area (Å²) >= 11 is 0. The molecule has 2 aromatic rings. The summed E-state index contributed by atoms with van der Waals surface area (Å²) in [6.07, 6.45) is 7.16. The van der Waals surface area contributed by atoms with E-state index in [0.717, 1.165) is 31.3 Å². The highest BCUT2D eigenvalue weighted by molar-refractivity contribution is 5.86. The quantitative estimate of drug-likeness (QED) is 0.764. The number of rotatable bonds is 5. The summed E-state index contributed by atoms with van der Waals surface area (Å²) in [5.74, 6) is 0.637. The molecule has 0 spiro atoms. The molecule has 0 unspecified atom stereocenters. The van der Waals surface area contributed by atoms with Gasteiger partial charge in [0, 0.05) is 38.8 Å². The lowest BCUT2D eigenvalue weighted by atomic mass is 10.1. The molecule has 3 fully saturated rings. The maximum atomic E-state index is 13.3. The summed E-state index contributed by atoms with van der Waals surface area (Å²) in [7, 11) is 0. The summed E-state index contributed by atoms with van der Waals surface area (Å²) in [5.41, 5.74) is 1.59. The van der Waals surface area contributed by atoms with Crippen LogP contribution >= 0.6 is 0 Å². The Labute approximate surface area is 169 Å². The van der Waals surface area contributed by atoms with E-state index in [0.29, 0.717) is 37.6 Å². The van der Waals surface area contributed by atoms with Gasteiger partial charge in [-0.05, 0) is 50.2 Å². The lowest BCUT2D eigenvalue weighted by Gasteiger charge is -2.34. The number of piperidine rings is 1. The number of nitrogens with zero attached hydrogens (tertiary/aromatic N) is 5. The third-order valence-corrected chi connectivity index (χ3v) is 6.47. The van der Waals surface area contributed by atoms with Crippen LogP contribution in [0.1, 0.15) is 44.6 Å². The van der Waals surface area contributed by atoms with Crippen LogP contribution in [0, 0.1) is 5.92 Å². The third-order valence-electron chi connectivity index (χ3n) is 6.47. The fourth-order valence-electron chi connectivity index (χ4n) is 4.70. The van der Waals surface area contributed by atoms with Gasteiger partial charge in [0.1, 0.15) is 0 Å². The molecule has 2 amide bonds. The Kier molecular flexibility index (Phi) is 4.64. The van der Waals surface area contributed by atoms with E-state index in [2.05, 4.69) is 4.98 Å². The average Bonchev–Trinajstić information content (AvgIpc) is 3.41. The molecule has 0 radical (unpaired) electrons. The van der Waals surface area contributed by atoms with Crippen LogP contribution < -0.4 is 5.69 Å². The molecular formula is C21H27N5O3. The highest BCUT2D eigenvalue weighted by atomic mass is 16.2. The van der Waals surface area contributed by atoms with Crippen LogP contribution in [-0.4, -0.2) is 61.9 Å². The zero-order valence-corrected chi connectivity index (χ0v) is 16.6. The van der Waals surface area contributed by atoms with Gasteiger partial charge in [-0.15, -0.1) is 0 Å². The molecule has 2 saturated heterocycles. The number of fused-ring (bicyclic) bond motifs is 1. The predicted octanol–water partition coefficient (Wildman–Crippen LogP) is 1.39. The fourth-order valence-corrected chi connectivity index (χ4v) is 4.70. The molecule has 0 N–H and O–H groups in total. The lowest BCUT2D eigenvalue weighted by molar-refractivity contribution is -0.139. The monoisotopic (exact) mass is 397 g/mol. The smallest absolute Gasteiger partial charge is 0.330 e. The summed E-state index contributed by atoms with van der Waals surface area (Å²) in [4.78, 5) is 45.9. The first-order valence-electron chi connectivity index (χ1n) is 10.7.